The van der Waals surface area contributed by atoms with Crippen LogP contribution in [0.1, 0.15) is 43.7 Å². The van der Waals surface area contributed by atoms with Gasteiger partial charge in [-0.1, -0.05) is 12.5 Å². The van der Waals surface area contributed by atoms with E-state index >= 15 is 0 Å². The molecule has 3 N–H and O–H groups in total. The zero-order valence-electron chi connectivity index (χ0n) is 15.7. The second kappa shape index (κ2) is 5.49. The maximum absolute atomic E-state index is 12.2. The van der Waals surface area contributed by atoms with Crippen molar-refractivity contribution in [2.75, 3.05) is 7.11 Å². The molecule has 0 aromatic heterocycles. The third-order valence-electron chi connectivity index (χ3n) is 7.06. The van der Waals surface area contributed by atoms with Crippen molar-refractivity contribution in [1.29, 1.82) is 0 Å². The first kappa shape index (κ1) is 17.1. The SMILES string of the molecule is COc1ccc2c3c1O[C@@H]1C(OC(=O)[C@H](C)N)=CC[C@]4(O)[C@@H](CCC[C@@]314)C2. The van der Waals surface area contributed by atoms with E-state index in [0.717, 1.165) is 31.2 Å². The van der Waals surface area contributed by atoms with Crippen molar-refractivity contribution in [3.05, 3.63) is 35.1 Å². The van der Waals surface area contributed by atoms with Crippen molar-refractivity contribution in [3.8, 4) is 11.5 Å². The number of benzene rings is 1. The molecule has 1 aromatic carbocycles. The van der Waals surface area contributed by atoms with Crippen LogP contribution in [0, 0.1) is 5.92 Å². The summed E-state index contributed by atoms with van der Waals surface area (Å²) < 4.78 is 17.6. The third-order valence-corrected chi connectivity index (χ3v) is 7.06. The van der Waals surface area contributed by atoms with Gasteiger partial charge in [0.1, 0.15) is 11.8 Å². The first-order chi connectivity index (χ1) is 12.9. The number of nitrogens with two attached hydrogens (primary N) is 1. The van der Waals surface area contributed by atoms with Crippen LogP contribution in [0.5, 0.6) is 11.5 Å². The Kier molecular flexibility index (Phi) is 3.47. The fraction of sp³-hybridized carbons (Fsp3) is 0.571. The quantitative estimate of drug-likeness (QED) is 0.790. The zero-order chi connectivity index (χ0) is 19.0. The monoisotopic (exact) mass is 371 g/mol. The highest BCUT2D eigenvalue weighted by atomic mass is 16.6. The highest BCUT2D eigenvalue weighted by Gasteiger charge is 2.70. The lowest BCUT2D eigenvalue weighted by Crippen LogP contribution is -2.67. The Hall–Kier alpha value is -2.05. The van der Waals surface area contributed by atoms with Gasteiger partial charge in [0.25, 0.3) is 0 Å². The van der Waals surface area contributed by atoms with Gasteiger partial charge < -0.3 is 25.1 Å². The number of methoxy groups -OCH3 is 1. The van der Waals surface area contributed by atoms with Crippen LogP contribution in [0.3, 0.4) is 0 Å². The van der Waals surface area contributed by atoms with Gasteiger partial charge >= 0.3 is 5.97 Å². The fourth-order valence-electron chi connectivity index (χ4n) is 5.89. The Balaban J connectivity index is 1.71. The van der Waals surface area contributed by atoms with E-state index in [-0.39, 0.29) is 5.92 Å². The molecule has 2 bridgehead atoms. The van der Waals surface area contributed by atoms with Crippen LogP contribution in [0.4, 0.5) is 0 Å². The van der Waals surface area contributed by atoms with E-state index in [1.807, 2.05) is 12.1 Å². The van der Waals surface area contributed by atoms with E-state index in [1.54, 1.807) is 14.0 Å². The number of rotatable bonds is 3. The maximum Gasteiger partial charge on any atom is 0.327 e. The molecule has 3 aliphatic carbocycles. The van der Waals surface area contributed by atoms with Gasteiger partial charge in [0, 0.05) is 5.56 Å². The summed E-state index contributed by atoms with van der Waals surface area (Å²) in [6.07, 6.45) is 5.38. The highest BCUT2D eigenvalue weighted by Crippen LogP contribution is 2.67. The van der Waals surface area contributed by atoms with Crippen molar-refractivity contribution in [3.63, 3.8) is 0 Å². The zero-order valence-corrected chi connectivity index (χ0v) is 15.7. The first-order valence-electron chi connectivity index (χ1n) is 9.69. The standard InChI is InChI=1S/C21H25NO5/c1-11(22)19(23)26-15-7-9-21(24)13-4-3-8-20(21)16-12(10-13)5-6-14(25-2)17(16)27-18(15)20/h5-7,11,13,18,24H,3-4,8-10,22H2,1-2H3/t11-,13-,18+,20+,21-/m0/s1. The molecule has 1 fully saturated rings. The summed E-state index contributed by atoms with van der Waals surface area (Å²) in [6.45, 7) is 1.60. The molecular weight excluding hydrogens is 346 g/mol. The predicted molar refractivity (Wildman–Crippen MR) is 97.5 cm³/mol. The van der Waals surface area contributed by atoms with E-state index in [4.69, 9.17) is 19.9 Å². The minimum atomic E-state index is -0.898. The van der Waals surface area contributed by atoms with Crippen LogP contribution in [-0.4, -0.2) is 35.9 Å². The number of aliphatic hydroxyl groups is 1. The number of carbonyl (C=O) groups is 1. The van der Waals surface area contributed by atoms with Crippen LogP contribution in [0.25, 0.3) is 0 Å². The van der Waals surface area contributed by atoms with Gasteiger partial charge in [0.05, 0.1) is 18.1 Å². The summed E-state index contributed by atoms with van der Waals surface area (Å²) >= 11 is 0. The molecule has 1 aliphatic heterocycles. The molecule has 5 rings (SSSR count). The van der Waals surface area contributed by atoms with Gasteiger partial charge in [-0.3, -0.25) is 0 Å². The lowest BCUT2D eigenvalue weighted by molar-refractivity contribution is -0.160. The van der Waals surface area contributed by atoms with Crippen molar-refractivity contribution < 1.29 is 24.1 Å². The van der Waals surface area contributed by atoms with Gasteiger partial charge in [0.15, 0.2) is 17.6 Å². The average Bonchev–Trinajstić information content (AvgIpc) is 2.98. The molecular formula is C21H25NO5. The van der Waals surface area contributed by atoms with Crippen LogP contribution in [0.15, 0.2) is 24.0 Å². The van der Waals surface area contributed by atoms with Crippen molar-refractivity contribution in [1.82, 2.24) is 0 Å². The summed E-state index contributed by atoms with van der Waals surface area (Å²) in [4.78, 5) is 12.2. The molecule has 144 valence electrons. The Morgan fingerprint density at radius 1 is 1.44 bits per heavy atom. The van der Waals surface area contributed by atoms with E-state index < -0.39 is 29.1 Å². The molecule has 1 aromatic rings. The van der Waals surface area contributed by atoms with Crippen LogP contribution < -0.4 is 15.2 Å². The molecule has 6 nitrogen and oxygen atoms in total. The summed E-state index contributed by atoms with van der Waals surface area (Å²) in [5.74, 6) is 1.49. The molecule has 0 unspecified atom stereocenters. The van der Waals surface area contributed by atoms with Gasteiger partial charge in [-0.25, -0.2) is 4.79 Å². The van der Waals surface area contributed by atoms with Gasteiger partial charge in [-0.05, 0) is 56.2 Å². The summed E-state index contributed by atoms with van der Waals surface area (Å²) in [7, 11) is 1.62. The molecule has 1 heterocycles. The molecule has 0 amide bonds. The number of ether oxygens (including phenoxy) is 3. The molecule has 27 heavy (non-hydrogen) atoms. The summed E-state index contributed by atoms with van der Waals surface area (Å²) in [5, 5.41) is 11.9. The van der Waals surface area contributed by atoms with E-state index in [0.29, 0.717) is 23.7 Å². The van der Waals surface area contributed by atoms with Crippen LogP contribution in [0.2, 0.25) is 0 Å². The maximum atomic E-state index is 12.2. The van der Waals surface area contributed by atoms with Crippen molar-refractivity contribution >= 4 is 5.97 Å². The van der Waals surface area contributed by atoms with Gasteiger partial charge in [-0.15, -0.1) is 0 Å². The Bertz CT molecular complexity index is 862. The first-order valence-corrected chi connectivity index (χ1v) is 9.69. The van der Waals surface area contributed by atoms with Crippen molar-refractivity contribution in [2.24, 2.45) is 11.7 Å². The smallest absolute Gasteiger partial charge is 0.327 e. The minimum absolute atomic E-state index is 0.172. The summed E-state index contributed by atoms with van der Waals surface area (Å²) in [5.41, 5.74) is 6.46. The average molecular weight is 371 g/mol. The van der Waals surface area contributed by atoms with E-state index in [2.05, 4.69) is 6.07 Å². The Morgan fingerprint density at radius 2 is 2.26 bits per heavy atom. The van der Waals surface area contributed by atoms with Crippen LogP contribution >= 0.6 is 0 Å². The van der Waals surface area contributed by atoms with Gasteiger partial charge in [-0.2, -0.15) is 0 Å². The van der Waals surface area contributed by atoms with Crippen molar-refractivity contribution in [2.45, 2.75) is 62.2 Å². The molecule has 1 saturated carbocycles. The second-order valence-electron chi connectivity index (χ2n) is 8.34. The number of hydrogen-bond donors (Lipinski definition) is 2. The Labute approximate surface area is 158 Å². The molecule has 4 aliphatic rings. The molecule has 6 heteroatoms. The van der Waals surface area contributed by atoms with Gasteiger partial charge in [0.2, 0.25) is 0 Å². The molecule has 0 saturated heterocycles. The number of carbonyl (C=O) groups excluding carboxylic acids is 1. The molecule has 0 radical (unpaired) electrons. The highest BCUT2D eigenvalue weighted by molar-refractivity contribution is 5.76. The second-order valence-corrected chi connectivity index (χ2v) is 8.34. The predicted octanol–water partition coefficient (Wildman–Crippen LogP) is 1.96. The lowest BCUT2D eigenvalue weighted by atomic mass is 9.47. The third kappa shape index (κ3) is 1.95. The number of esters is 1. The lowest BCUT2D eigenvalue weighted by Gasteiger charge is -2.59. The Morgan fingerprint density at radius 3 is 3.00 bits per heavy atom. The topological polar surface area (TPSA) is 91.0 Å². The van der Waals surface area contributed by atoms with Crippen LogP contribution in [-0.2, 0) is 21.4 Å². The fourth-order valence-corrected chi connectivity index (χ4v) is 5.89. The minimum Gasteiger partial charge on any atom is -0.493 e. The largest absolute Gasteiger partial charge is 0.493 e. The normalized spacial score (nSPS) is 36.2. The molecule has 1 spiro atoms. The van der Waals surface area contributed by atoms with E-state index in [1.165, 1.54) is 5.56 Å². The van der Waals surface area contributed by atoms with E-state index in [9.17, 15) is 9.90 Å². The molecule has 5 atom stereocenters. The summed E-state index contributed by atoms with van der Waals surface area (Å²) in [6, 6.07) is 3.30. The number of hydrogen-bond acceptors (Lipinski definition) is 6.